The molecule has 0 aliphatic rings. The molecule has 3 aromatic rings. The monoisotopic (exact) mass is 319 g/mol. The van der Waals surface area contributed by atoms with Crippen molar-refractivity contribution in [2.75, 3.05) is 0 Å². The van der Waals surface area contributed by atoms with Crippen LogP contribution < -0.4 is 4.83 Å². The Morgan fingerprint density at radius 2 is 2.05 bits per heavy atom. The van der Waals surface area contributed by atoms with Gasteiger partial charge in [-0.05, 0) is 17.5 Å². The highest BCUT2D eigenvalue weighted by Gasteiger charge is 2.13. The standard InChI is InChI=1S/C14H13N3O2S2/c1-17-10-11(12-5-2-3-6-13(12)17)9-15-16-21(18,19)14-7-4-8-20-14/h2-10,16H,1H3/b15-9+. The van der Waals surface area contributed by atoms with E-state index in [1.165, 1.54) is 6.21 Å². The highest BCUT2D eigenvalue weighted by molar-refractivity contribution is 7.91. The molecule has 1 aromatic carbocycles. The smallest absolute Gasteiger partial charge is 0.286 e. The van der Waals surface area contributed by atoms with Gasteiger partial charge >= 0.3 is 0 Å². The number of hydrogen-bond acceptors (Lipinski definition) is 4. The number of aryl methyl sites for hydroxylation is 1. The van der Waals surface area contributed by atoms with Gasteiger partial charge in [0.05, 0.1) is 6.21 Å². The first-order valence-electron chi connectivity index (χ1n) is 6.20. The first-order chi connectivity index (χ1) is 10.1. The Balaban J connectivity index is 1.86. The van der Waals surface area contributed by atoms with Crippen LogP contribution in [0.2, 0.25) is 0 Å². The van der Waals surface area contributed by atoms with E-state index in [0.29, 0.717) is 0 Å². The number of nitrogens with one attached hydrogen (secondary N) is 1. The molecule has 0 aliphatic carbocycles. The van der Waals surface area contributed by atoms with Gasteiger partial charge in [0, 0.05) is 29.7 Å². The lowest BCUT2D eigenvalue weighted by atomic mass is 10.2. The number of thiophene rings is 1. The van der Waals surface area contributed by atoms with Gasteiger partial charge in [0.15, 0.2) is 0 Å². The average molecular weight is 319 g/mol. The molecular weight excluding hydrogens is 306 g/mol. The third-order valence-corrected chi connectivity index (χ3v) is 5.68. The fourth-order valence-corrected chi connectivity index (χ4v) is 3.88. The summed E-state index contributed by atoms with van der Waals surface area (Å²) < 4.78 is 26.1. The van der Waals surface area contributed by atoms with E-state index in [2.05, 4.69) is 9.93 Å². The summed E-state index contributed by atoms with van der Waals surface area (Å²) in [6.45, 7) is 0. The molecule has 2 heterocycles. The first-order valence-corrected chi connectivity index (χ1v) is 8.57. The van der Waals surface area contributed by atoms with Crippen LogP contribution in [-0.2, 0) is 17.1 Å². The van der Waals surface area contributed by atoms with Gasteiger partial charge in [-0.1, -0.05) is 24.3 Å². The van der Waals surface area contributed by atoms with E-state index in [-0.39, 0.29) is 4.21 Å². The number of hydrogen-bond donors (Lipinski definition) is 1. The topological polar surface area (TPSA) is 63.5 Å². The number of hydrazone groups is 1. The molecule has 5 nitrogen and oxygen atoms in total. The second-order valence-electron chi connectivity index (χ2n) is 4.50. The molecular formula is C14H13N3O2S2. The van der Waals surface area contributed by atoms with Crippen LogP contribution in [-0.4, -0.2) is 19.2 Å². The van der Waals surface area contributed by atoms with Crippen LogP contribution in [0, 0.1) is 0 Å². The van der Waals surface area contributed by atoms with E-state index < -0.39 is 10.0 Å². The van der Waals surface area contributed by atoms with E-state index in [1.54, 1.807) is 17.5 Å². The Hall–Kier alpha value is -2.12. The fraction of sp³-hybridized carbons (Fsp3) is 0.0714. The number of aromatic nitrogens is 1. The van der Waals surface area contributed by atoms with Crippen molar-refractivity contribution in [3.63, 3.8) is 0 Å². The Bertz CT molecular complexity index is 894. The second-order valence-corrected chi connectivity index (χ2v) is 7.33. The number of benzene rings is 1. The highest BCUT2D eigenvalue weighted by Crippen LogP contribution is 2.19. The molecule has 3 rings (SSSR count). The largest absolute Gasteiger partial charge is 0.350 e. The minimum atomic E-state index is -3.57. The molecule has 0 saturated carbocycles. The van der Waals surface area contributed by atoms with Crippen molar-refractivity contribution in [2.24, 2.45) is 12.1 Å². The van der Waals surface area contributed by atoms with Crippen molar-refractivity contribution < 1.29 is 8.42 Å². The van der Waals surface area contributed by atoms with Gasteiger partial charge in [-0.15, -0.1) is 11.3 Å². The molecule has 0 amide bonds. The molecule has 0 saturated heterocycles. The van der Waals surface area contributed by atoms with E-state index in [9.17, 15) is 8.42 Å². The molecule has 0 atom stereocenters. The zero-order valence-corrected chi connectivity index (χ0v) is 12.9. The summed E-state index contributed by atoms with van der Waals surface area (Å²) >= 11 is 1.15. The van der Waals surface area contributed by atoms with Crippen LogP contribution in [0.15, 0.2) is 57.3 Å². The molecule has 1 N–H and O–H groups in total. The van der Waals surface area contributed by atoms with E-state index in [0.717, 1.165) is 27.8 Å². The van der Waals surface area contributed by atoms with Gasteiger partial charge in [-0.25, -0.2) is 0 Å². The van der Waals surface area contributed by atoms with E-state index >= 15 is 0 Å². The normalized spacial score (nSPS) is 12.2. The maximum atomic E-state index is 11.9. The maximum absolute atomic E-state index is 11.9. The van der Waals surface area contributed by atoms with Crippen LogP contribution in [0.25, 0.3) is 10.9 Å². The summed E-state index contributed by atoms with van der Waals surface area (Å²) in [6.07, 6.45) is 3.43. The quantitative estimate of drug-likeness (QED) is 0.593. The van der Waals surface area contributed by atoms with Crippen LogP contribution in [0.5, 0.6) is 0 Å². The minimum Gasteiger partial charge on any atom is -0.350 e. The molecule has 108 valence electrons. The maximum Gasteiger partial charge on any atom is 0.286 e. The summed E-state index contributed by atoms with van der Waals surface area (Å²) in [4.78, 5) is 2.23. The van der Waals surface area contributed by atoms with Gasteiger partial charge in [-0.3, -0.25) is 0 Å². The predicted octanol–water partition coefficient (Wildman–Crippen LogP) is 2.55. The molecule has 2 aromatic heterocycles. The predicted molar refractivity (Wildman–Crippen MR) is 85.2 cm³/mol. The number of sulfonamides is 1. The highest BCUT2D eigenvalue weighted by atomic mass is 32.2. The Morgan fingerprint density at radius 3 is 2.81 bits per heavy atom. The van der Waals surface area contributed by atoms with Crippen LogP contribution in [0.3, 0.4) is 0 Å². The third-order valence-electron chi connectivity index (χ3n) is 3.06. The SMILES string of the molecule is Cn1cc(/C=N/NS(=O)(=O)c2cccs2)c2ccccc21. The first kappa shape index (κ1) is 13.8. The molecule has 0 radical (unpaired) electrons. The van der Waals surface area contributed by atoms with Crippen LogP contribution in [0.4, 0.5) is 0 Å². The summed E-state index contributed by atoms with van der Waals surface area (Å²) in [5.74, 6) is 0. The van der Waals surface area contributed by atoms with Gasteiger partial charge in [0.1, 0.15) is 4.21 Å². The summed E-state index contributed by atoms with van der Waals surface area (Å²) in [7, 11) is -1.63. The van der Waals surface area contributed by atoms with Crippen molar-refractivity contribution in [3.05, 3.63) is 53.5 Å². The number of rotatable bonds is 4. The van der Waals surface area contributed by atoms with E-state index in [1.807, 2.05) is 42.1 Å². The van der Waals surface area contributed by atoms with Gasteiger partial charge in [-0.2, -0.15) is 18.4 Å². The summed E-state index contributed by atoms with van der Waals surface area (Å²) in [5.41, 5.74) is 1.93. The van der Waals surface area contributed by atoms with Crippen molar-refractivity contribution in [1.82, 2.24) is 9.40 Å². The van der Waals surface area contributed by atoms with Crippen molar-refractivity contribution in [2.45, 2.75) is 4.21 Å². The minimum absolute atomic E-state index is 0.248. The van der Waals surface area contributed by atoms with Gasteiger partial charge in [0.25, 0.3) is 10.0 Å². The van der Waals surface area contributed by atoms with E-state index in [4.69, 9.17) is 0 Å². The lowest BCUT2D eigenvalue weighted by molar-refractivity contribution is 0.587. The zero-order valence-electron chi connectivity index (χ0n) is 11.2. The van der Waals surface area contributed by atoms with Crippen LogP contribution >= 0.6 is 11.3 Å². The van der Waals surface area contributed by atoms with Gasteiger partial charge < -0.3 is 4.57 Å². The second kappa shape index (κ2) is 5.34. The Kier molecular flexibility index (Phi) is 3.52. The lowest BCUT2D eigenvalue weighted by Gasteiger charge is -1.98. The number of para-hydroxylation sites is 1. The number of nitrogens with zero attached hydrogens (tertiary/aromatic N) is 2. The third kappa shape index (κ3) is 2.70. The van der Waals surface area contributed by atoms with Gasteiger partial charge in [0.2, 0.25) is 0 Å². The molecule has 0 aliphatic heterocycles. The number of fused-ring (bicyclic) bond motifs is 1. The average Bonchev–Trinajstić information content (AvgIpc) is 3.09. The van der Waals surface area contributed by atoms with Crippen molar-refractivity contribution in [1.29, 1.82) is 0 Å². The van der Waals surface area contributed by atoms with Crippen molar-refractivity contribution in [3.8, 4) is 0 Å². The zero-order chi connectivity index (χ0) is 14.9. The molecule has 0 unspecified atom stereocenters. The summed E-state index contributed by atoms with van der Waals surface area (Å²) in [6, 6.07) is 11.1. The molecule has 7 heteroatoms. The fourth-order valence-electron chi connectivity index (χ4n) is 2.10. The summed E-state index contributed by atoms with van der Waals surface area (Å²) in [5, 5.41) is 6.60. The lowest BCUT2D eigenvalue weighted by Crippen LogP contribution is -2.17. The molecule has 0 spiro atoms. The Morgan fingerprint density at radius 1 is 1.24 bits per heavy atom. The molecule has 0 fully saturated rings. The molecule has 21 heavy (non-hydrogen) atoms. The van der Waals surface area contributed by atoms with Crippen LogP contribution in [0.1, 0.15) is 5.56 Å². The molecule has 0 bridgehead atoms. The Labute approximate surface area is 126 Å². The van der Waals surface area contributed by atoms with Crippen molar-refractivity contribution >= 4 is 38.5 Å².